The summed E-state index contributed by atoms with van der Waals surface area (Å²) in [5.74, 6) is -0.196. The fourth-order valence-corrected chi connectivity index (χ4v) is 3.30. The molecule has 0 spiro atoms. The summed E-state index contributed by atoms with van der Waals surface area (Å²) in [4.78, 5) is 15.5. The predicted octanol–water partition coefficient (Wildman–Crippen LogP) is 2.65. The van der Waals surface area contributed by atoms with Crippen molar-refractivity contribution in [3.8, 4) is 0 Å². The van der Waals surface area contributed by atoms with Crippen molar-refractivity contribution in [2.24, 2.45) is 5.10 Å². The van der Waals surface area contributed by atoms with Gasteiger partial charge in [-0.3, -0.25) is 9.69 Å². The summed E-state index contributed by atoms with van der Waals surface area (Å²) >= 11 is 1.60. The molecule has 1 fully saturated rings. The maximum Gasteiger partial charge on any atom is 0.271 e. The Hall–Kier alpha value is -2.02. The number of hydrogen-bond donors (Lipinski definition) is 1. The number of amides is 1. The van der Waals surface area contributed by atoms with Gasteiger partial charge in [-0.2, -0.15) is 5.10 Å². The molecule has 5 nitrogen and oxygen atoms in total. The van der Waals surface area contributed by atoms with E-state index in [1.807, 2.05) is 42.6 Å². The van der Waals surface area contributed by atoms with Crippen molar-refractivity contribution in [3.05, 3.63) is 57.3 Å². The summed E-state index contributed by atoms with van der Waals surface area (Å²) in [7, 11) is 0. The number of morpholine rings is 1. The zero-order valence-electron chi connectivity index (χ0n) is 13.7. The summed E-state index contributed by atoms with van der Waals surface area (Å²) in [5, 5.41) is 6.04. The summed E-state index contributed by atoms with van der Waals surface area (Å²) in [6.07, 6.45) is 1.69. The zero-order chi connectivity index (χ0) is 16.8. The Morgan fingerprint density at radius 2 is 2.04 bits per heavy atom. The topological polar surface area (TPSA) is 53.9 Å². The normalized spacial score (nSPS) is 15.7. The van der Waals surface area contributed by atoms with Crippen LogP contribution in [0.1, 0.15) is 26.4 Å². The number of rotatable bonds is 5. The van der Waals surface area contributed by atoms with E-state index in [9.17, 15) is 4.79 Å². The average Bonchev–Trinajstić information content (AvgIpc) is 3.01. The number of hydrogen-bond acceptors (Lipinski definition) is 5. The summed E-state index contributed by atoms with van der Waals surface area (Å²) in [6.45, 7) is 6.41. The standard InChI is InChI=1S/C18H21N3O2S/c1-14-6-11-24-17(14)12-19-20-18(22)16-4-2-15(3-5-16)13-21-7-9-23-10-8-21/h2-6,11-12H,7-10,13H2,1H3,(H,20,22)/b19-12+. The van der Waals surface area contributed by atoms with Crippen LogP contribution in [-0.2, 0) is 11.3 Å². The van der Waals surface area contributed by atoms with Gasteiger partial charge in [0.2, 0.25) is 0 Å². The molecule has 0 bridgehead atoms. The first kappa shape index (κ1) is 16.8. The van der Waals surface area contributed by atoms with Crippen LogP contribution in [0.4, 0.5) is 0 Å². The van der Waals surface area contributed by atoms with Gasteiger partial charge in [-0.15, -0.1) is 11.3 Å². The van der Waals surface area contributed by atoms with Gasteiger partial charge in [0.25, 0.3) is 5.91 Å². The maximum atomic E-state index is 12.1. The van der Waals surface area contributed by atoms with Crippen molar-refractivity contribution in [1.29, 1.82) is 0 Å². The van der Waals surface area contributed by atoms with E-state index in [1.165, 1.54) is 5.56 Å². The van der Waals surface area contributed by atoms with Crippen LogP contribution in [-0.4, -0.2) is 43.3 Å². The molecule has 0 unspecified atom stereocenters. The van der Waals surface area contributed by atoms with Crippen LogP contribution < -0.4 is 5.43 Å². The van der Waals surface area contributed by atoms with Crippen molar-refractivity contribution >= 4 is 23.5 Å². The quantitative estimate of drug-likeness (QED) is 0.671. The monoisotopic (exact) mass is 343 g/mol. The Labute approximate surface area is 145 Å². The van der Waals surface area contributed by atoms with Crippen molar-refractivity contribution in [1.82, 2.24) is 10.3 Å². The van der Waals surface area contributed by atoms with E-state index >= 15 is 0 Å². The fraction of sp³-hybridized carbons (Fsp3) is 0.333. The van der Waals surface area contributed by atoms with Crippen molar-refractivity contribution in [3.63, 3.8) is 0 Å². The van der Waals surface area contributed by atoms with Crippen LogP contribution in [0.25, 0.3) is 0 Å². The average molecular weight is 343 g/mol. The van der Waals surface area contributed by atoms with Gasteiger partial charge in [0, 0.05) is 30.1 Å². The molecule has 0 atom stereocenters. The van der Waals surface area contributed by atoms with Gasteiger partial charge in [0.15, 0.2) is 0 Å². The molecule has 1 amide bonds. The fourth-order valence-electron chi connectivity index (χ4n) is 2.51. The highest BCUT2D eigenvalue weighted by molar-refractivity contribution is 7.11. The lowest BCUT2D eigenvalue weighted by Gasteiger charge is -2.26. The summed E-state index contributed by atoms with van der Waals surface area (Å²) in [5.41, 5.74) is 5.55. The molecule has 1 aromatic carbocycles. The van der Waals surface area contributed by atoms with Gasteiger partial charge < -0.3 is 4.74 Å². The highest BCUT2D eigenvalue weighted by Gasteiger charge is 2.11. The number of nitrogens with zero attached hydrogens (tertiary/aromatic N) is 2. The Morgan fingerprint density at radius 1 is 1.29 bits per heavy atom. The molecule has 1 saturated heterocycles. The van der Waals surface area contributed by atoms with Crippen molar-refractivity contribution < 1.29 is 9.53 Å². The molecule has 1 aromatic heterocycles. The minimum atomic E-state index is -0.196. The van der Waals surface area contributed by atoms with E-state index in [0.29, 0.717) is 5.56 Å². The minimum absolute atomic E-state index is 0.196. The molecule has 2 heterocycles. The van der Waals surface area contributed by atoms with E-state index in [4.69, 9.17) is 4.74 Å². The molecule has 1 aliphatic rings. The molecule has 2 aromatic rings. The number of carbonyl (C=O) groups is 1. The number of carbonyl (C=O) groups excluding carboxylic acids is 1. The largest absolute Gasteiger partial charge is 0.379 e. The van der Waals surface area contributed by atoms with Crippen LogP contribution in [0.3, 0.4) is 0 Å². The molecule has 126 valence electrons. The third-order valence-electron chi connectivity index (χ3n) is 3.98. The number of ether oxygens (including phenoxy) is 1. The Morgan fingerprint density at radius 3 is 2.71 bits per heavy atom. The Kier molecular flexibility index (Phi) is 5.74. The van der Waals surface area contributed by atoms with Crippen LogP contribution in [0.5, 0.6) is 0 Å². The first-order chi connectivity index (χ1) is 11.7. The second-order valence-corrected chi connectivity index (χ2v) is 6.70. The molecule has 6 heteroatoms. The first-order valence-electron chi connectivity index (χ1n) is 7.99. The lowest BCUT2D eigenvalue weighted by Crippen LogP contribution is -2.35. The number of thiophene rings is 1. The van der Waals surface area contributed by atoms with Crippen molar-refractivity contribution in [2.45, 2.75) is 13.5 Å². The number of aryl methyl sites for hydroxylation is 1. The highest BCUT2D eigenvalue weighted by atomic mass is 32.1. The molecule has 24 heavy (non-hydrogen) atoms. The van der Waals surface area contributed by atoms with Gasteiger partial charge in [-0.1, -0.05) is 12.1 Å². The molecule has 0 aliphatic carbocycles. The van der Waals surface area contributed by atoms with Gasteiger partial charge in [0.05, 0.1) is 19.4 Å². The SMILES string of the molecule is Cc1ccsc1/C=N/NC(=O)c1ccc(CN2CCOCC2)cc1. The second-order valence-electron chi connectivity index (χ2n) is 5.75. The van der Waals surface area contributed by atoms with Gasteiger partial charge in [-0.25, -0.2) is 5.43 Å². The minimum Gasteiger partial charge on any atom is -0.379 e. The van der Waals surface area contributed by atoms with Gasteiger partial charge in [-0.05, 0) is 41.6 Å². The van der Waals surface area contributed by atoms with Crippen LogP contribution in [0.2, 0.25) is 0 Å². The highest BCUT2D eigenvalue weighted by Crippen LogP contribution is 2.12. The van der Waals surface area contributed by atoms with Gasteiger partial charge >= 0.3 is 0 Å². The first-order valence-corrected chi connectivity index (χ1v) is 8.87. The van der Waals surface area contributed by atoms with Crippen LogP contribution >= 0.6 is 11.3 Å². The molecule has 0 saturated carbocycles. The molecular formula is C18H21N3O2S. The Balaban J connectivity index is 1.53. The van der Waals surface area contributed by atoms with Crippen molar-refractivity contribution in [2.75, 3.05) is 26.3 Å². The van der Waals surface area contributed by atoms with E-state index in [1.54, 1.807) is 17.6 Å². The number of hydrazone groups is 1. The molecule has 0 radical (unpaired) electrons. The molecule has 3 rings (SSSR count). The van der Waals surface area contributed by atoms with Gasteiger partial charge in [0.1, 0.15) is 0 Å². The van der Waals surface area contributed by atoms with E-state index in [2.05, 4.69) is 15.4 Å². The van der Waals surface area contributed by atoms with E-state index in [-0.39, 0.29) is 5.91 Å². The molecule has 1 aliphatic heterocycles. The summed E-state index contributed by atoms with van der Waals surface area (Å²) < 4.78 is 5.35. The Bertz CT molecular complexity index is 703. The molecular weight excluding hydrogens is 322 g/mol. The van der Waals surface area contributed by atoms with Crippen LogP contribution in [0, 0.1) is 6.92 Å². The maximum absolute atomic E-state index is 12.1. The predicted molar refractivity (Wildman–Crippen MR) is 96.7 cm³/mol. The number of nitrogens with one attached hydrogen (secondary N) is 1. The summed E-state index contributed by atoms with van der Waals surface area (Å²) in [6, 6.07) is 9.71. The lowest BCUT2D eigenvalue weighted by molar-refractivity contribution is 0.0342. The second kappa shape index (κ2) is 8.19. The van der Waals surface area contributed by atoms with E-state index in [0.717, 1.165) is 43.3 Å². The lowest BCUT2D eigenvalue weighted by atomic mass is 10.1. The third kappa shape index (κ3) is 4.50. The smallest absolute Gasteiger partial charge is 0.271 e. The van der Waals surface area contributed by atoms with Crippen LogP contribution in [0.15, 0.2) is 40.8 Å². The zero-order valence-corrected chi connectivity index (χ0v) is 14.5. The molecule has 1 N–H and O–H groups in total. The third-order valence-corrected chi connectivity index (χ3v) is 4.93. The van der Waals surface area contributed by atoms with E-state index < -0.39 is 0 Å². The number of benzene rings is 1.